The summed E-state index contributed by atoms with van der Waals surface area (Å²) in [6, 6.07) is 10.4. The van der Waals surface area contributed by atoms with Gasteiger partial charge in [-0.3, -0.25) is 4.79 Å². The number of hydrogen-bond donors (Lipinski definition) is 1. The third kappa shape index (κ3) is 3.27. The molecule has 0 aliphatic carbocycles. The maximum Gasteiger partial charge on any atom is 0.294 e. The van der Waals surface area contributed by atoms with Crippen LogP contribution in [0, 0.1) is 0 Å². The molecule has 0 radical (unpaired) electrons. The number of ether oxygens (including phenoxy) is 1. The van der Waals surface area contributed by atoms with Crippen LogP contribution in [0.4, 0.5) is 5.69 Å². The molecule has 3 heterocycles. The summed E-state index contributed by atoms with van der Waals surface area (Å²) in [5.74, 6) is -0.324. The molecular formula is C18H20N2O5S. The van der Waals surface area contributed by atoms with Gasteiger partial charge in [0.05, 0.1) is 6.10 Å². The first kappa shape index (κ1) is 17.3. The van der Waals surface area contributed by atoms with Gasteiger partial charge in [-0.2, -0.15) is 0 Å². The van der Waals surface area contributed by atoms with Crippen molar-refractivity contribution in [3.05, 3.63) is 47.7 Å². The van der Waals surface area contributed by atoms with E-state index in [9.17, 15) is 13.2 Å². The number of fused-ring (bicyclic) bond motifs is 1. The van der Waals surface area contributed by atoms with Crippen molar-refractivity contribution in [2.24, 2.45) is 0 Å². The summed E-state index contributed by atoms with van der Waals surface area (Å²) in [6.45, 7) is 1.41. The number of para-hydroxylation sites is 1. The Morgan fingerprint density at radius 1 is 1.23 bits per heavy atom. The normalized spacial score (nSPS) is 19.7. The van der Waals surface area contributed by atoms with E-state index in [4.69, 9.17) is 9.15 Å². The molecule has 4 rings (SSSR count). The molecule has 1 atom stereocenters. The van der Waals surface area contributed by atoms with Crippen molar-refractivity contribution < 1.29 is 22.4 Å². The topological polar surface area (TPSA) is 88.8 Å². The van der Waals surface area contributed by atoms with Crippen LogP contribution in [-0.4, -0.2) is 40.1 Å². The molecule has 0 saturated carbocycles. The average Bonchev–Trinajstić information content (AvgIpc) is 3.40. The number of sulfonamides is 1. The van der Waals surface area contributed by atoms with Crippen LogP contribution in [0.15, 0.2) is 45.9 Å². The molecule has 0 unspecified atom stereocenters. The second-order valence-electron chi connectivity index (χ2n) is 6.44. The fraction of sp³-hybridized carbons (Fsp3) is 0.389. The van der Waals surface area contributed by atoms with E-state index in [1.54, 1.807) is 4.90 Å². The van der Waals surface area contributed by atoms with Gasteiger partial charge in [-0.15, -0.1) is 0 Å². The summed E-state index contributed by atoms with van der Waals surface area (Å²) >= 11 is 0. The van der Waals surface area contributed by atoms with Crippen molar-refractivity contribution in [1.29, 1.82) is 0 Å². The van der Waals surface area contributed by atoms with Crippen molar-refractivity contribution in [1.82, 2.24) is 4.72 Å². The van der Waals surface area contributed by atoms with Gasteiger partial charge in [0.2, 0.25) is 5.09 Å². The predicted octanol–water partition coefficient (Wildman–Crippen LogP) is 1.94. The number of nitrogens with zero attached hydrogens (tertiary/aromatic N) is 1. The number of anilines is 1. The van der Waals surface area contributed by atoms with E-state index < -0.39 is 10.0 Å². The van der Waals surface area contributed by atoms with Crippen molar-refractivity contribution in [3.63, 3.8) is 0 Å². The van der Waals surface area contributed by atoms with Crippen LogP contribution in [0.3, 0.4) is 0 Å². The van der Waals surface area contributed by atoms with Crippen molar-refractivity contribution in [2.75, 3.05) is 24.6 Å². The zero-order valence-electron chi connectivity index (χ0n) is 14.2. The molecule has 1 amide bonds. The molecule has 1 aromatic heterocycles. The Kier molecular flexibility index (Phi) is 4.56. The minimum Gasteiger partial charge on any atom is -0.438 e. The molecule has 0 spiro atoms. The Balaban J connectivity index is 1.48. The molecule has 8 heteroatoms. The Labute approximate surface area is 152 Å². The highest BCUT2D eigenvalue weighted by atomic mass is 32.2. The number of amides is 1. The molecular weight excluding hydrogens is 356 g/mol. The van der Waals surface area contributed by atoms with Crippen molar-refractivity contribution >= 4 is 21.6 Å². The van der Waals surface area contributed by atoms with Gasteiger partial charge in [0.15, 0.2) is 5.76 Å². The van der Waals surface area contributed by atoms with Crippen LogP contribution in [-0.2, 0) is 21.2 Å². The van der Waals surface area contributed by atoms with Crippen molar-refractivity contribution in [3.8, 4) is 0 Å². The fourth-order valence-electron chi connectivity index (χ4n) is 3.34. The number of carbonyl (C=O) groups excluding carboxylic acids is 1. The predicted molar refractivity (Wildman–Crippen MR) is 94.7 cm³/mol. The molecule has 26 heavy (non-hydrogen) atoms. The molecule has 1 aromatic carbocycles. The van der Waals surface area contributed by atoms with E-state index in [0.717, 1.165) is 30.5 Å². The molecule has 0 bridgehead atoms. The average molecular weight is 376 g/mol. The summed E-state index contributed by atoms with van der Waals surface area (Å²) in [5, 5.41) is -0.258. The largest absolute Gasteiger partial charge is 0.438 e. The first-order chi connectivity index (χ1) is 12.5. The second-order valence-corrected chi connectivity index (χ2v) is 8.14. The summed E-state index contributed by atoms with van der Waals surface area (Å²) < 4.78 is 38.0. The number of rotatable bonds is 5. The smallest absolute Gasteiger partial charge is 0.294 e. The molecule has 1 N–H and O–H groups in total. The van der Waals surface area contributed by atoms with Gasteiger partial charge in [-0.05, 0) is 43.0 Å². The van der Waals surface area contributed by atoms with E-state index >= 15 is 0 Å². The third-order valence-corrected chi connectivity index (χ3v) is 6.01. The summed E-state index contributed by atoms with van der Waals surface area (Å²) in [4.78, 5) is 14.3. The molecule has 138 valence electrons. The van der Waals surface area contributed by atoms with E-state index in [0.29, 0.717) is 13.2 Å². The Bertz CT molecular complexity index is 915. The first-order valence-corrected chi connectivity index (χ1v) is 10.1. The number of carbonyl (C=O) groups is 1. The summed E-state index contributed by atoms with van der Waals surface area (Å²) in [7, 11) is -3.81. The second kappa shape index (κ2) is 6.86. The van der Waals surface area contributed by atoms with Crippen molar-refractivity contribution in [2.45, 2.75) is 30.5 Å². The van der Waals surface area contributed by atoms with Gasteiger partial charge in [0.25, 0.3) is 15.9 Å². The van der Waals surface area contributed by atoms with Gasteiger partial charge in [-0.1, -0.05) is 18.2 Å². The molecule has 1 saturated heterocycles. The van der Waals surface area contributed by atoms with Crippen LogP contribution in [0.25, 0.3) is 0 Å². The van der Waals surface area contributed by atoms with Gasteiger partial charge >= 0.3 is 0 Å². The highest BCUT2D eigenvalue weighted by molar-refractivity contribution is 7.89. The first-order valence-electron chi connectivity index (χ1n) is 8.65. The maximum atomic E-state index is 12.7. The standard InChI is InChI=1S/C18H20N2O5S/c21-18(20-10-9-13-4-1-2-6-15(13)20)16-7-8-17(25-16)26(22,23)19-12-14-5-3-11-24-14/h1-2,4,6-8,14,19H,3,5,9-12H2/t14-/m0/s1. The minimum absolute atomic E-state index is 0.0131. The van der Waals surface area contributed by atoms with Crippen LogP contribution in [0.5, 0.6) is 0 Å². The summed E-state index contributed by atoms with van der Waals surface area (Å²) in [6.07, 6.45) is 2.43. The van der Waals surface area contributed by atoms with Gasteiger partial charge < -0.3 is 14.1 Å². The number of benzene rings is 1. The minimum atomic E-state index is -3.81. The number of furan rings is 1. The van der Waals surface area contributed by atoms with Crippen LogP contribution in [0.2, 0.25) is 0 Å². The lowest BCUT2D eigenvalue weighted by Gasteiger charge is -2.15. The van der Waals surface area contributed by atoms with Crippen LogP contribution in [0.1, 0.15) is 29.0 Å². The molecule has 2 aliphatic rings. The number of hydrogen-bond acceptors (Lipinski definition) is 5. The Morgan fingerprint density at radius 2 is 2.08 bits per heavy atom. The zero-order chi connectivity index (χ0) is 18.1. The third-order valence-electron chi connectivity index (χ3n) is 4.71. The fourth-order valence-corrected chi connectivity index (χ4v) is 4.34. The van der Waals surface area contributed by atoms with E-state index in [2.05, 4.69) is 4.72 Å². The van der Waals surface area contributed by atoms with Crippen LogP contribution < -0.4 is 9.62 Å². The SMILES string of the molecule is O=C(c1ccc(S(=O)(=O)NC[C@@H]2CCCO2)o1)N1CCc2ccccc21. The molecule has 1 fully saturated rings. The Morgan fingerprint density at radius 3 is 2.88 bits per heavy atom. The highest BCUT2D eigenvalue weighted by Crippen LogP contribution is 2.29. The highest BCUT2D eigenvalue weighted by Gasteiger charge is 2.29. The van der Waals surface area contributed by atoms with E-state index in [1.165, 1.54) is 12.1 Å². The monoisotopic (exact) mass is 376 g/mol. The van der Waals surface area contributed by atoms with Gasteiger partial charge in [0, 0.05) is 25.4 Å². The quantitative estimate of drug-likeness (QED) is 0.861. The molecule has 2 aromatic rings. The lowest BCUT2D eigenvalue weighted by atomic mass is 10.2. The lowest BCUT2D eigenvalue weighted by Crippen LogP contribution is -2.31. The zero-order valence-corrected chi connectivity index (χ0v) is 15.0. The van der Waals surface area contributed by atoms with Crippen LogP contribution >= 0.6 is 0 Å². The Hall–Kier alpha value is -2.16. The lowest BCUT2D eigenvalue weighted by molar-refractivity contribution is 0.0957. The molecule has 7 nitrogen and oxygen atoms in total. The van der Waals surface area contributed by atoms with Gasteiger partial charge in [0.1, 0.15) is 0 Å². The number of nitrogens with one attached hydrogen (secondary N) is 1. The maximum absolute atomic E-state index is 12.7. The molecule has 2 aliphatic heterocycles. The van der Waals surface area contributed by atoms with E-state index in [-0.39, 0.29) is 29.4 Å². The summed E-state index contributed by atoms with van der Waals surface area (Å²) in [5.41, 5.74) is 1.94. The van der Waals surface area contributed by atoms with E-state index in [1.807, 2.05) is 24.3 Å². The van der Waals surface area contributed by atoms with Gasteiger partial charge in [-0.25, -0.2) is 13.1 Å².